The Morgan fingerprint density at radius 3 is 2.71 bits per heavy atom. The molecule has 0 bridgehead atoms. The van der Waals surface area contributed by atoms with Crippen LogP contribution in [0.25, 0.3) is 16.7 Å². The molecule has 1 N–H and O–H groups in total. The molecule has 31 heavy (non-hydrogen) atoms. The summed E-state index contributed by atoms with van der Waals surface area (Å²) in [5.74, 6) is 0.634. The van der Waals surface area contributed by atoms with Gasteiger partial charge in [-0.3, -0.25) is 23.4 Å². The molecular formula is C21H24N6O3S. The summed E-state index contributed by atoms with van der Waals surface area (Å²) < 4.78 is 3.34. The quantitative estimate of drug-likeness (QED) is 0.458. The van der Waals surface area contributed by atoms with Gasteiger partial charge in [-0.15, -0.1) is 16.8 Å². The molecule has 0 atom stereocenters. The maximum absolute atomic E-state index is 12.8. The summed E-state index contributed by atoms with van der Waals surface area (Å²) >= 11 is 1.30. The molecule has 2 amide bonds. The molecule has 1 aromatic carbocycles. The highest BCUT2D eigenvalue weighted by atomic mass is 32.2. The number of fused-ring (bicyclic) bond motifs is 3. The van der Waals surface area contributed by atoms with Gasteiger partial charge in [-0.05, 0) is 25.0 Å². The second-order valence-electron chi connectivity index (χ2n) is 7.40. The standard InChI is InChI=1S/C21H24N6O3S/c1-3-10-26-19(30)15-6-4-5-7-16(15)27-20(26)23-24-21(27)31-13-17(28)25-11-8-14(9-12-25)18(29)22-2/h3-7,14H,1,8-13H2,2H3,(H,22,29). The summed E-state index contributed by atoms with van der Waals surface area (Å²) in [6, 6.07) is 7.29. The Morgan fingerprint density at radius 1 is 1.26 bits per heavy atom. The number of allylic oxidation sites excluding steroid dienone is 1. The minimum atomic E-state index is -0.151. The van der Waals surface area contributed by atoms with Gasteiger partial charge in [0.1, 0.15) is 0 Å². The molecule has 3 aromatic rings. The predicted octanol–water partition coefficient (Wildman–Crippen LogP) is 1.31. The lowest BCUT2D eigenvalue weighted by molar-refractivity contribution is -0.133. The number of carbonyl (C=O) groups excluding carboxylic acids is 2. The summed E-state index contributed by atoms with van der Waals surface area (Å²) in [6.07, 6.45) is 2.98. The molecule has 0 saturated carbocycles. The molecule has 162 valence electrons. The van der Waals surface area contributed by atoms with Gasteiger partial charge < -0.3 is 10.2 Å². The van der Waals surface area contributed by atoms with Crippen LogP contribution in [0.2, 0.25) is 0 Å². The van der Waals surface area contributed by atoms with Crippen molar-refractivity contribution in [3.05, 3.63) is 47.3 Å². The van der Waals surface area contributed by atoms with Crippen LogP contribution in [0.5, 0.6) is 0 Å². The third-order valence-electron chi connectivity index (χ3n) is 5.58. The van der Waals surface area contributed by atoms with Gasteiger partial charge >= 0.3 is 0 Å². The van der Waals surface area contributed by atoms with Crippen LogP contribution in [0.3, 0.4) is 0 Å². The van der Waals surface area contributed by atoms with Crippen LogP contribution in [-0.4, -0.2) is 61.8 Å². The normalized spacial score (nSPS) is 14.8. The van der Waals surface area contributed by atoms with E-state index in [1.807, 2.05) is 22.6 Å². The first-order valence-corrected chi connectivity index (χ1v) is 11.1. The summed E-state index contributed by atoms with van der Waals surface area (Å²) in [5.41, 5.74) is 0.552. The van der Waals surface area contributed by atoms with Crippen LogP contribution in [0.4, 0.5) is 0 Å². The SMILES string of the molecule is C=CCn1c(=O)c2ccccc2n2c(SCC(=O)N3CCC(C(=O)NC)CC3)nnc12. The molecule has 9 nitrogen and oxygen atoms in total. The minimum Gasteiger partial charge on any atom is -0.359 e. The zero-order chi connectivity index (χ0) is 22.0. The molecular weight excluding hydrogens is 416 g/mol. The molecule has 0 aliphatic carbocycles. The van der Waals surface area contributed by atoms with E-state index >= 15 is 0 Å². The molecule has 1 aliphatic rings. The van der Waals surface area contributed by atoms with Crippen LogP contribution < -0.4 is 10.9 Å². The number of piperidine rings is 1. The van der Waals surface area contributed by atoms with E-state index < -0.39 is 0 Å². The number of amides is 2. The van der Waals surface area contributed by atoms with Crippen molar-refractivity contribution >= 4 is 40.3 Å². The molecule has 0 spiro atoms. The van der Waals surface area contributed by atoms with Gasteiger partial charge in [-0.2, -0.15) is 0 Å². The van der Waals surface area contributed by atoms with Crippen molar-refractivity contribution in [2.24, 2.45) is 5.92 Å². The van der Waals surface area contributed by atoms with Gasteiger partial charge in [0.25, 0.3) is 5.56 Å². The van der Waals surface area contributed by atoms with Crippen molar-refractivity contribution in [3.63, 3.8) is 0 Å². The minimum absolute atomic E-state index is 0.000764. The number of nitrogens with zero attached hydrogens (tertiary/aromatic N) is 5. The van der Waals surface area contributed by atoms with Gasteiger partial charge in [-0.1, -0.05) is 30.0 Å². The van der Waals surface area contributed by atoms with Gasteiger partial charge in [0.05, 0.1) is 16.7 Å². The van der Waals surface area contributed by atoms with Gasteiger partial charge in [0.15, 0.2) is 5.16 Å². The Hall–Kier alpha value is -3.14. The second kappa shape index (κ2) is 8.93. The molecule has 2 aromatic heterocycles. The molecule has 1 aliphatic heterocycles. The first kappa shape index (κ1) is 21.1. The maximum Gasteiger partial charge on any atom is 0.263 e. The lowest BCUT2D eigenvalue weighted by atomic mass is 9.96. The van der Waals surface area contributed by atoms with Crippen LogP contribution in [0.15, 0.2) is 46.9 Å². The van der Waals surface area contributed by atoms with E-state index in [9.17, 15) is 14.4 Å². The molecule has 4 rings (SSSR count). The number of aromatic nitrogens is 4. The van der Waals surface area contributed by atoms with Crippen molar-refractivity contribution in [3.8, 4) is 0 Å². The summed E-state index contributed by atoms with van der Waals surface area (Å²) in [6.45, 7) is 5.18. The summed E-state index contributed by atoms with van der Waals surface area (Å²) in [4.78, 5) is 39.2. The predicted molar refractivity (Wildman–Crippen MR) is 119 cm³/mol. The van der Waals surface area contributed by atoms with Crippen molar-refractivity contribution < 1.29 is 9.59 Å². The first-order chi connectivity index (χ1) is 15.0. The average molecular weight is 441 g/mol. The van der Waals surface area contributed by atoms with Crippen molar-refractivity contribution in [1.82, 2.24) is 29.4 Å². The molecule has 10 heteroatoms. The Labute approximate surface area is 183 Å². The third-order valence-corrected chi connectivity index (χ3v) is 6.49. The fourth-order valence-corrected chi connectivity index (χ4v) is 4.78. The number of benzene rings is 1. The number of hydrogen-bond donors (Lipinski definition) is 1. The zero-order valence-electron chi connectivity index (χ0n) is 17.3. The highest BCUT2D eigenvalue weighted by Gasteiger charge is 2.27. The number of hydrogen-bond acceptors (Lipinski definition) is 6. The lowest BCUT2D eigenvalue weighted by Gasteiger charge is -2.31. The van der Waals surface area contributed by atoms with E-state index in [0.29, 0.717) is 54.3 Å². The van der Waals surface area contributed by atoms with Crippen LogP contribution in [0.1, 0.15) is 12.8 Å². The largest absolute Gasteiger partial charge is 0.359 e. The van der Waals surface area contributed by atoms with E-state index in [2.05, 4.69) is 22.1 Å². The highest BCUT2D eigenvalue weighted by Crippen LogP contribution is 2.23. The van der Waals surface area contributed by atoms with E-state index in [0.717, 1.165) is 0 Å². The van der Waals surface area contributed by atoms with Crippen LogP contribution in [0, 0.1) is 5.92 Å². The highest BCUT2D eigenvalue weighted by molar-refractivity contribution is 7.99. The number of thioether (sulfide) groups is 1. The van der Waals surface area contributed by atoms with Crippen LogP contribution >= 0.6 is 11.8 Å². The fourth-order valence-electron chi connectivity index (χ4n) is 3.93. The topological polar surface area (TPSA) is 102 Å². The molecule has 0 radical (unpaired) electrons. The molecule has 1 saturated heterocycles. The van der Waals surface area contributed by atoms with E-state index in [1.165, 1.54) is 16.3 Å². The summed E-state index contributed by atoms with van der Waals surface area (Å²) in [5, 5.41) is 12.3. The first-order valence-electron chi connectivity index (χ1n) is 10.1. The van der Waals surface area contributed by atoms with Crippen LogP contribution in [-0.2, 0) is 16.1 Å². The Balaban J connectivity index is 1.56. The van der Waals surface area contributed by atoms with E-state index in [1.54, 1.807) is 24.1 Å². The number of para-hydroxylation sites is 1. The maximum atomic E-state index is 12.8. The third kappa shape index (κ3) is 3.95. The summed E-state index contributed by atoms with van der Waals surface area (Å²) in [7, 11) is 1.64. The molecule has 3 heterocycles. The zero-order valence-corrected chi connectivity index (χ0v) is 18.1. The van der Waals surface area contributed by atoms with Crippen molar-refractivity contribution in [1.29, 1.82) is 0 Å². The molecule has 0 unspecified atom stereocenters. The fraction of sp³-hybridized carbons (Fsp3) is 0.381. The average Bonchev–Trinajstić information content (AvgIpc) is 3.23. The number of carbonyl (C=O) groups is 2. The number of likely N-dealkylation sites (tertiary alicyclic amines) is 1. The Morgan fingerprint density at radius 2 is 2.00 bits per heavy atom. The van der Waals surface area contributed by atoms with Gasteiger partial charge in [-0.25, -0.2) is 0 Å². The second-order valence-corrected chi connectivity index (χ2v) is 8.34. The van der Waals surface area contributed by atoms with Crippen molar-refractivity contribution in [2.45, 2.75) is 24.5 Å². The smallest absolute Gasteiger partial charge is 0.263 e. The number of nitrogens with one attached hydrogen (secondary N) is 1. The van der Waals surface area contributed by atoms with Gasteiger partial charge in [0, 0.05) is 32.6 Å². The Bertz CT molecular complexity index is 1210. The van der Waals surface area contributed by atoms with E-state index in [-0.39, 0.29) is 29.0 Å². The van der Waals surface area contributed by atoms with Crippen molar-refractivity contribution in [2.75, 3.05) is 25.9 Å². The van der Waals surface area contributed by atoms with Gasteiger partial charge in [0.2, 0.25) is 17.6 Å². The lowest BCUT2D eigenvalue weighted by Crippen LogP contribution is -2.43. The molecule has 1 fully saturated rings. The monoisotopic (exact) mass is 440 g/mol. The Kier molecular flexibility index (Phi) is 6.08. The van der Waals surface area contributed by atoms with E-state index in [4.69, 9.17) is 0 Å². The number of rotatable bonds is 6.